The first-order valence-electron chi connectivity index (χ1n) is 6.85. The molecule has 0 aliphatic carbocycles. The van der Waals surface area contributed by atoms with Crippen LogP contribution >= 0.6 is 0 Å². The lowest BCUT2D eigenvalue weighted by molar-refractivity contribution is -0.136. The number of fused-ring (bicyclic) bond motifs is 1. The van der Waals surface area contributed by atoms with Gasteiger partial charge in [0.25, 0.3) is 0 Å². The number of pyridine rings is 1. The molecule has 0 atom stereocenters. The Morgan fingerprint density at radius 1 is 1.32 bits per heavy atom. The second-order valence-electron chi connectivity index (χ2n) is 5.02. The number of carbonyl (C=O) groups is 1. The van der Waals surface area contributed by atoms with Gasteiger partial charge in [0.1, 0.15) is 23.2 Å². The van der Waals surface area contributed by atoms with Gasteiger partial charge in [-0.15, -0.1) is 0 Å². The van der Waals surface area contributed by atoms with Crippen molar-refractivity contribution < 1.29 is 23.1 Å². The Balaban J connectivity index is 2.32. The Labute approximate surface area is 138 Å². The zero-order valence-corrected chi connectivity index (χ0v) is 12.7. The van der Waals surface area contributed by atoms with Gasteiger partial charge < -0.3 is 16.2 Å². The van der Waals surface area contributed by atoms with Crippen molar-refractivity contribution in [2.45, 2.75) is 6.18 Å². The fourth-order valence-electron chi connectivity index (χ4n) is 2.46. The second-order valence-corrected chi connectivity index (χ2v) is 5.02. The number of carboxylic acid groups (broad SMARTS) is 1. The minimum absolute atomic E-state index is 0.00548. The fraction of sp³-hybridized carbons (Fsp3) is 0.143. The average Bonchev–Trinajstić information content (AvgIpc) is 2.95. The summed E-state index contributed by atoms with van der Waals surface area (Å²) in [6.45, 7) is 0. The summed E-state index contributed by atoms with van der Waals surface area (Å²) in [5.74, 6) is -1.53. The lowest BCUT2D eigenvalue weighted by Crippen LogP contribution is -2.07. The number of nitrogens with zero attached hydrogens (tertiary/aromatic N) is 4. The van der Waals surface area contributed by atoms with E-state index >= 15 is 0 Å². The average molecular weight is 352 g/mol. The molecule has 0 bridgehead atoms. The van der Waals surface area contributed by atoms with Crippen molar-refractivity contribution in [2.75, 3.05) is 18.1 Å². The minimum atomic E-state index is -4.68. The van der Waals surface area contributed by atoms with Crippen molar-refractivity contribution in [1.29, 1.82) is 0 Å². The van der Waals surface area contributed by atoms with Gasteiger partial charge >= 0.3 is 12.1 Å². The van der Waals surface area contributed by atoms with Crippen molar-refractivity contribution >= 4 is 23.1 Å². The zero-order valence-electron chi connectivity index (χ0n) is 12.7. The van der Waals surface area contributed by atoms with Gasteiger partial charge in [-0.2, -0.15) is 18.3 Å². The Morgan fingerprint density at radius 3 is 2.64 bits per heavy atom. The molecule has 3 aromatic heterocycles. The second kappa shape index (κ2) is 5.61. The van der Waals surface area contributed by atoms with E-state index in [2.05, 4.69) is 20.4 Å². The van der Waals surface area contributed by atoms with E-state index in [0.29, 0.717) is 0 Å². The van der Waals surface area contributed by atoms with Gasteiger partial charge in [0.05, 0.1) is 11.3 Å². The van der Waals surface area contributed by atoms with Crippen LogP contribution in [0.5, 0.6) is 0 Å². The summed E-state index contributed by atoms with van der Waals surface area (Å²) >= 11 is 0. The molecule has 3 rings (SSSR count). The SMILES string of the molecule is CNc1ncc(-c2cc(C(F)(F)F)c3c(N)ncnn23)cc1C(=O)O. The fourth-order valence-corrected chi connectivity index (χ4v) is 2.46. The third-order valence-electron chi connectivity index (χ3n) is 3.54. The van der Waals surface area contributed by atoms with Crippen LogP contribution < -0.4 is 11.1 Å². The van der Waals surface area contributed by atoms with E-state index in [1.807, 2.05) is 0 Å². The Hall–Kier alpha value is -3.37. The molecule has 4 N–H and O–H groups in total. The molecular formula is C14H11F3N6O2. The van der Waals surface area contributed by atoms with E-state index in [-0.39, 0.29) is 28.5 Å². The molecule has 0 radical (unpaired) electrons. The number of nitrogens with two attached hydrogens (primary N) is 1. The monoisotopic (exact) mass is 352 g/mol. The van der Waals surface area contributed by atoms with Crippen LogP contribution in [-0.4, -0.2) is 37.7 Å². The number of nitrogens with one attached hydrogen (secondary N) is 1. The molecule has 0 saturated carbocycles. The summed E-state index contributed by atoms with van der Waals surface area (Å²) < 4.78 is 40.9. The number of nitrogen functional groups attached to an aromatic ring is 1. The maximum atomic E-state index is 13.3. The third kappa shape index (κ3) is 2.69. The molecule has 8 nitrogen and oxygen atoms in total. The number of alkyl halides is 3. The largest absolute Gasteiger partial charge is 0.478 e. The molecule has 0 aliphatic rings. The van der Waals surface area contributed by atoms with Crippen molar-refractivity contribution in [2.24, 2.45) is 0 Å². The molecule has 130 valence electrons. The smallest absolute Gasteiger partial charge is 0.418 e. The molecule has 0 spiro atoms. The number of rotatable bonds is 3. The standard InChI is InChI=1S/C14H11F3N6O2/c1-19-12-7(13(24)25)2-6(4-20-12)9-3-8(14(15,16)17)10-11(18)21-5-22-23(9)10/h2-5H,1H3,(H,19,20)(H,24,25)(H2,18,21,22). The normalized spacial score (nSPS) is 11.7. The van der Waals surface area contributed by atoms with Gasteiger partial charge in [-0.05, 0) is 12.1 Å². The molecular weight excluding hydrogens is 341 g/mol. The molecule has 11 heteroatoms. The van der Waals surface area contributed by atoms with Gasteiger partial charge in [-0.1, -0.05) is 0 Å². The number of hydrogen-bond acceptors (Lipinski definition) is 6. The topological polar surface area (TPSA) is 118 Å². The van der Waals surface area contributed by atoms with Crippen molar-refractivity contribution in [1.82, 2.24) is 19.6 Å². The van der Waals surface area contributed by atoms with Crippen LogP contribution in [0, 0.1) is 0 Å². The Kier molecular flexibility index (Phi) is 3.70. The lowest BCUT2D eigenvalue weighted by atomic mass is 10.1. The minimum Gasteiger partial charge on any atom is -0.478 e. The third-order valence-corrected chi connectivity index (χ3v) is 3.54. The first-order chi connectivity index (χ1) is 11.7. The molecule has 25 heavy (non-hydrogen) atoms. The molecule has 0 unspecified atom stereocenters. The Bertz CT molecular complexity index is 983. The summed E-state index contributed by atoms with van der Waals surface area (Å²) in [5, 5.41) is 15.7. The first-order valence-corrected chi connectivity index (χ1v) is 6.85. The van der Waals surface area contributed by atoms with Crippen molar-refractivity contribution in [3.63, 3.8) is 0 Å². The summed E-state index contributed by atoms with van der Waals surface area (Å²) in [6, 6.07) is 2.05. The van der Waals surface area contributed by atoms with Gasteiger partial charge in [-0.25, -0.2) is 19.3 Å². The summed E-state index contributed by atoms with van der Waals surface area (Å²) in [6.07, 6.45) is -2.42. The number of hydrogen-bond donors (Lipinski definition) is 3. The highest BCUT2D eigenvalue weighted by molar-refractivity contribution is 5.94. The number of carboxylic acids is 1. The quantitative estimate of drug-likeness (QED) is 0.661. The van der Waals surface area contributed by atoms with E-state index in [4.69, 9.17) is 5.73 Å². The molecule has 0 fully saturated rings. The van der Waals surface area contributed by atoms with E-state index in [1.54, 1.807) is 0 Å². The highest BCUT2D eigenvalue weighted by atomic mass is 19.4. The van der Waals surface area contributed by atoms with Crippen LogP contribution in [0.4, 0.5) is 24.8 Å². The zero-order chi connectivity index (χ0) is 18.4. The van der Waals surface area contributed by atoms with Crippen molar-refractivity contribution in [3.05, 3.63) is 35.8 Å². The van der Waals surface area contributed by atoms with Crippen LogP contribution in [0.25, 0.3) is 16.8 Å². The van der Waals surface area contributed by atoms with Gasteiger partial charge in [0, 0.05) is 18.8 Å². The molecule has 3 heterocycles. The van der Waals surface area contributed by atoms with E-state index in [1.165, 1.54) is 19.3 Å². The van der Waals surface area contributed by atoms with E-state index < -0.39 is 23.2 Å². The van der Waals surface area contributed by atoms with Gasteiger partial charge in [0.2, 0.25) is 0 Å². The highest BCUT2D eigenvalue weighted by Crippen LogP contribution is 2.38. The van der Waals surface area contributed by atoms with Crippen LogP contribution in [-0.2, 0) is 6.18 Å². The van der Waals surface area contributed by atoms with E-state index in [9.17, 15) is 23.1 Å². The maximum Gasteiger partial charge on any atom is 0.418 e. The molecule has 0 aliphatic heterocycles. The maximum absolute atomic E-state index is 13.3. The molecule has 0 amide bonds. The van der Waals surface area contributed by atoms with Crippen LogP contribution in [0.2, 0.25) is 0 Å². The summed E-state index contributed by atoms with van der Waals surface area (Å²) in [5.41, 5.74) is 4.10. The van der Waals surface area contributed by atoms with Crippen LogP contribution in [0.1, 0.15) is 15.9 Å². The van der Waals surface area contributed by atoms with Gasteiger partial charge in [0.15, 0.2) is 5.82 Å². The number of aromatic carboxylic acids is 1. The molecule has 0 aromatic carbocycles. The predicted octanol–water partition coefficient (Wildman–Crippen LogP) is 2.13. The highest BCUT2D eigenvalue weighted by Gasteiger charge is 2.36. The summed E-state index contributed by atoms with van der Waals surface area (Å²) in [4.78, 5) is 18.9. The van der Waals surface area contributed by atoms with Gasteiger partial charge in [-0.3, -0.25) is 0 Å². The lowest BCUT2D eigenvalue weighted by Gasteiger charge is -2.07. The number of aromatic nitrogens is 4. The van der Waals surface area contributed by atoms with E-state index in [0.717, 1.165) is 16.9 Å². The number of anilines is 2. The van der Waals surface area contributed by atoms with Crippen molar-refractivity contribution in [3.8, 4) is 11.3 Å². The molecule has 3 aromatic rings. The van der Waals surface area contributed by atoms with Crippen LogP contribution in [0.15, 0.2) is 24.7 Å². The first kappa shape index (κ1) is 16.5. The predicted molar refractivity (Wildman–Crippen MR) is 82.1 cm³/mol. The molecule has 0 saturated heterocycles. The van der Waals surface area contributed by atoms with Crippen LogP contribution in [0.3, 0.4) is 0 Å². The number of halogens is 3. The Morgan fingerprint density at radius 2 is 2.04 bits per heavy atom. The summed E-state index contributed by atoms with van der Waals surface area (Å²) in [7, 11) is 1.48.